The molecule has 0 amide bonds. The number of rotatable bonds is 9. The molecule has 4 heteroatoms. The molecule has 0 saturated carbocycles. The molecule has 0 aliphatic rings. The molecule has 0 radical (unpaired) electrons. The Bertz CT molecular complexity index is 595. The second kappa shape index (κ2) is 10.4. The van der Waals surface area contributed by atoms with Crippen molar-refractivity contribution in [2.24, 2.45) is 0 Å². The monoisotopic (exact) mass is 360 g/mol. The van der Waals surface area contributed by atoms with Crippen LogP contribution in [0.25, 0.3) is 0 Å². The molecule has 0 heterocycles. The van der Waals surface area contributed by atoms with E-state index in [-0.39, 0.29) is 0 Å². The van der Waals surface area contributed by atoms with Gasteiger partial charge in [0.2, 0.25) is 0 Å². The lowest BCUT2D eigenvalue weighted by Crippen LogP contribution is -2.29. The lowest BCUT2D eigenvalue weighted by atomic mass is 10.1. The SMILES string of the molecule is N#CCCCN(CCc1ccc(Cl)cc1)CCc1ccc(Cl)cc1. The highest BCUT2D eigenvalue weighted by Gasteiger charge is 2.06. The fourth-order valence-electron chi connectivity index (χ4n) is 2.59. The van der Waals surface area contributed by atoms with Gasteiger partial charge in [0.15, 0.2) is 0 Å². The van der Waals surface area contributed by atoms with Crippen molar-refractivity contribution in [2.75, 3.05) is 19.6 Å². The third kappa shape index (κ3) is 6.93. The summed E-state index contributed by atoms with van der Waals surface area (Å²) in [6.07, 6.45) is 3.50. The van der Waals surface area contributed by atoms with Crippen molar-refractivity contribution >= 4 is 23.2 Å². The van der Waals surface area contributed by atoms with Crippen LogP contribution in [0.2, 0.25) is 10.0 Å². The highest BCUT2D eigenvalue weighted by Crippen LogP contribution is 2.12. The maximum Gasteiger partial charge on any atom is 0.0622 e. The van der Waals surface area contributed by atoms with Crippen LogP contribution in [0.3, 0.4) is 0 Å². The van der Waals surface area contributed by atoms with Gasteiger partial charge in [-0.3, -0.25) is 0 Å². The van der Waals surface area contributed by atoms with E-state index < -0.39 is 0 Å². The van der Waals surface area contributed by atoms with Gasteiger partial charge in [-0.05, 0) is 61.2 Å². The standard InChI is InChI=1S/C20H22Cl2N2/c21-19-7-3-17(4-8-19)11-15-24(14-2-1-13-23)16-12-18-5-9-20(22)10-6-18/h3-10H,1-2,11-12,14-16H2. The van der Waals surface area contributed by atoms with Crippen LogP contribution in [0.5, 0.6) is 0 Å². The van der Waals surface area contributed by atoms with Crippen LogP contribution in [0.4, 0.5) is 0 Å². The summed E-state index contributed by atoms with van der Waals surface area (Å²) in [7, 11) is 0. The highest BCUT2D eigenvalue weighted by molar-refractivity contribution is 6.30. The fourth-order valence-corrected chi connectivity index (χ4v) is 2.85. The average Bonchev–Trinajstić information content (AvgIpc) is 2.60. The van der Waals surface area contributed by atoms with Gasteiger partial charge in [-0.1, -0.05) is 47.5 Å². The minimum Gasteiger partial charge on any atom is -0.303 e. The van der Waals surface area contributed by atoms with Crippen molar-refractivity contribution in [1.82, 2.24) is 4.90 Å². The highest BCUT2D eigenvalue weighted by atomic mass is 35.5. The summed E-state index contributed by atoms with van der Waals surface area (Å²) in [6.45, 7) is 2.93. The molecule has 0 atom stereocenters. The largest absolute Gasteiger partial charge is 0.303 e. The van der Waals surface area contributed by atoms with E-state index in [0.717, 1.165) is 48.9 Å². The van der Waals surface area contributed by atoms with Gasteiger partial charge in [-0.15, -0.1) is 0 Å². The van der Waals surface area contributed by atoms with E-state index in [1.165, 1.54) is 11.1 Å². The molecule has 0 spiro atoms. The summed E-state index contributed by atoms with van der Waals surface area (Å²) in [5.74, 6) is 0. The number of nitrogens with zero attached hydrogens (tertiary/aromatic N) is 2. The Balaban J connectivity index is 1.87. The molecule has 2 aromatic rings. The maximum atomic E-state index is 8.75. The zero-order valence-electron chi connectivity index (χ0n) is 13.7. The predicted molar refractivity (Wildman–Crippen MR) is 102 cm³/mol. The van der Waals surface area contributed by atoms with Crippen LogP contribution < -0.4 is 0 Å². The van der Waals surface area contributed by atoms with Crippen LogP contribution >= 0.6 is 23.2 Å². The van der Waals surface area contributed by atoms with Crippen LogP contribution in [0.15, 0.2) is 48.5 Å². The summed E-state index contributed by atoms with van der Waals surface area (Å²) in [4.78, 5) is 2.43. The van der Waals surface area contributed by atoms with Gasteiger partial charge in [0.25, 0.3) is 0 Å². The van der Waals surface area contributed by atoms with Crippen LogP contribution in [0, 0.1) is 11.3 Å². The summed E-state index contributed by atoms with van der Waals surface area (Å²) >= 11 is 11.9. The Morgan fingerprint density at radius 1 is 0.750 bits per heavy atom. The van der Waals surface area contributed by atoms with Crippen LogP contribution in [-0.2, 0) is 12.8 Å². The van der Waals surface area contributed by atoms with Crippen molar-refractivity contribution in [3.05, 3.63) is 69.7 Å². The van der Waals surface area contributed by atoms with Crippen LogP contribution in [-0.4, -0.2) is 24.5 Å². The molecule has 126 valence electrons. The first-order valence-corrected chi connectivity index (χ1v) is 9.01. The number of unbranched alkanes of at least 4 members (excludes halogenated alkanes) is 1. The van der Waals surface area contributed by atoms with E-state index in [9.17, 15) is 0 Å². The molecule has 2 rings (SSSR count). The summed E-state index contributed by atoms with van der Waals surface area (Å²) < 4.78 is 0. The lowest BCUT2D eigenvalue weighted by Gasteiger charge is -2.22. The fraction of sp³-hybridized carbons (Fsp3) is 0.350. The Kier molecular flexibility index (Phi) is 8.12. The molecule has 0 saturated heterocycles. The molecule has 0 N–H and O–H groups in total. The van der Waals surface area contributed by atoms with Crippen molar-refractivity contribution < 1.29 is 0 Å². The molecule has 2 nitrogen and oxygen atoms in total. The molecular formula is C20H22Cl2N2. The molecular weight excluding hydrogens is 339 g/mol. The first-order valence-electron chi connectivity index (χ1n) is 8.25. The van der Waals surface area contributed by atoms with Gasteiger partial charge in [0.05, 0.1) is 6.07 Å². The molecule has 0 aliphatic heterocycles. The number of hydrogen-bond acceptors (Lipinski definition) is 2. The maximum absolute atomic E-state index is 8.75. The molecule has 0 fully saturated rings. The van der Waals surface area contributed by atoms with Crippen LogP contribution in [0.1, 0.15) is 24.0 Å². The topological polar surface area (TPSA) is 27.0 Å². The van der Waals surface area contributed by atoms with E-state index in [4.69, 9.17) is 28.5 Å². The second-order valence-electron chi connectivity index (χ2n) is 5.86. The van der Waals surface area contributed by atoms with Gasteiger partial charge in [-0.2, -0.15) is 5.26 Å². The average molecular weight is 361 g/mol. The van der Waals surface area contributed by atoms with Gasteiger partial charge >= 0.3 is 0 Å². The summed E-state index contributed by atoms with van der Waals surface area (Å²) in [5.41, 5.74) is 2.58. The van der Waals surface area contributed by atoms with Gasteiger partial charge in [0, 0.05) is 29.6 Å². The van der Waals surface area contributed by atoms with Crippen molar-refractivity contribution in [3.8, 4) is 6.07 Å². The zero-order valence-corrected chi connectivity index (χ0v) is 15.2. The molecule has 24 heavy (non-hydrogen) atoms. The van der Waals surface area contributed by atoms with E-state index in [1.54, 1.807) is 0 Å². The molecule has 0 unspecified atom stereocenters. The van der Waals surface area contributed by atoms with Crippen molar-refractivity contribution in [1.29, 1.82) is 5.26 Å². The first-order chi connectivity index (χ1) is 11.7. The Hall–Kier alpha value is -1.53. The molecule has 0 bridgehead atoms. The number of halogens is 2. The quantitative estimate of drug-likeness (QED) is 0.561. The summed E-state index contributed by atoms with van der Waals surface area (Å²) in [5, 5.41) is 10.3. The Labute approximate surface area is 154 Å². The van der Waals surface area contributed by atoms with E-state index >= 15 is 0 Å². The first kappa shape index (κ1) is 18.8. The second-order valence-corrected chi connectivity index (χ2v) is 6.73. The minimum absolute atomic E-state index is 0.610. The van der Waals surface area contributed by atoms with Gasteiger partial charge in [-0.25, -0.2) is 0 Å². The Morgan fingerprint density at radius 2 is 1.21 bits per heavy atom. The van der Waals surface area contributed by atoms with E-state index in [1.807, 2.05) is 24.3 Å². The Morgan fingerprint density at radius 3 is 1.62 bits per heavy atom. The van der Waals surface area contributed by atoms with E-state index in [2.05, 4.69) is 35.2 Å². The smallest absolute Gasteiger partial charge is 0.0622 e. The third-order valence-corrected chi connectivity index (χ3v) is 4.53. The van der Waals surface area contributed by atoms with Gasteiger partial charge in [0.1, 0.15) is 0 Å². The van der Waals surface area contributed by atoms with Crippen molar-refractivity contribution in [3.63, 3.8) is 0 Å². The third-order valence-electron chi connectivity index (χ3n) is 4.02. The van der Waals surface area contributed by atoms with E-state index in [0.29, 0.717) is 6.42 Å². The zero-order chi connectivity index (χ0) is 17.2. The number of nitriles is 1. The number of hydrogen-bond donors (Lipinski definition) is 0. The lowest BCUT2D eigenvalue weighted by molar-refractivity contribution is 0.278. The minimum atomic E-state index is 0.610. The normalized spacial score (nSPS) is 10.8. The van der Waals surface area contributed by atoms with Crippen molar-refractivity contribution in [2.45, 2.75) is 25.7 Å². The molecule has 0 aromatic heterocycles. The van der Waals surface area contributed by atoms with Gasteiger partial charge < -0.3 is 4.90 Å². The number of benzene rings is 2. The predicted octanol–water partition coefficient (Wildman–Crippen LogP) is 5.38. The molecule has 2 aromatic carbocycles. The summed E-state index contributed by atoms with van der Waals surface area (Å²) in [6, 6.07) is 18.3. The molecule has 0 aliphatic carbocycles.